The topological polar surface area (TPSA) is 262 Å². The van der Waals surface area contributed by atoms with Crippen molar-refractivity contribution in [1.29, 1.82) is 0 Å². The molecule has 4 saturated heterocycles. The van der Waals surface area contributed by atoms with Gasteiger partial charge in [0.05, 0.1) is 64.6 Å². The summed E-state index contributed by atoms with van der Waals surface area (Å²) in [5.74, 6) is 0.771. The van der Waals surface area contributed by atoms with Gasteiger partial charge < -0.3 is 52.8 Å². The van der Waals surface area contributed by atoms with Crippen LogP contribution >= 0.6 is 0 Å². The monoisotopic (exact) mass is 960 g/mol. The van der Waals surface area contributed by atoms with E-state index in [-0.39, 0.29) is 87.8 Å². The first-order valence-corrected chi connectivity index (χ1v) is 22.4. The van der Waals surface area contributed by atoms with Gasteiger partial charge in [-0.1, -0.05) is 0 Å². The summed E-state index contributed by atoms with van der Waals surface area (Å²) in [6.07, 6.45) is 13.8. The molecule has 2 aromatic heterocycles. The number of fused-ring (bicyclic) bond motifs is 2. The predicted octanol–water partition coefficient (Wildman–Crippen LogP) is 5.54. The molecule has 8 bridgehead atoms. The first kappa shape index (κ1) is 49.7. The second kappa shape index (κ2) is 21.9. The SMILES string of the molecule is COC(=O)c1cc(C)c(OC(=O)OC2C3CC4CC(C3)C(=O)OC2C4)c(OC)c1.COC(=O)c1cc(OC)c(O)c(OC)c1.O=C(n1ccnc1)n1ccnc1.O=C1OC2CC3CC1CC(C3)C2O. The highest BCUT2D eigenvalue weighted by Crippen LogP contribution is 2.49. The Balaban J connectivity index is 0.000000148. The van der Waals surface area contributed by atoms with Crippen LogP contribution < -0.4 is 18.9 Å². The average molecular weight is 961 g/mol. The molecule has 0 amide bonds. The standard InChI is InChI=1S/C21H24O8.C10H12O5.C10H14O3.C7H6N4O/c1-10-4-13(19(22)26-3)9-15(25-2)17(10)28-21(24)29-18-12-5-11-6-14(8-12)20(23)27-16(18)7-11;1-13-7-4-6(10(12)15-3)5-8(14-2)9(7)11;11-9-6-1-5-2-7(4-6)10(12)13-8(9)3-5;12-7(10-3-1-8-5-10)11-4-2-9-6-11/h4,9,11-12,14,16,18H,5-8H2,1-3H3;4-5,11H,1-3H3;5-9,11H,1-4H2;1-6H. The molecule has 370 valence electrons. The first-order chi connectivity index (χ1) is 33.1. The Morgan fingerprint density at radius 3 is 1.67 bits per heavy atom. The van der Waals surface area contributed by atoms with E-state index in [2.05, 4.69) is 14.7 Å². The van der Waals surface area contributed by atoms with Gasteiger partial charge in [0.15, 0.2) is 23.0 Å². The van der Waals surface area contributed by atoms with E-state index in [1.54, 1.807) is 37.8 Å². The molecule has 12 rings (SSSR count). The Labute approximate surface area is 396 Å². The molecule has 69 heavy (non-hydrogen) atoms. The van der Waals surface area contributed by atoms with E-state index in [0.29, 0.717) is 36.2 Å². The van der Waals surface area contributed by atoms with Crippen LogP contribution in [0.2, 0.25) is 0 Å². The normalized spacial score (nSPS) is 26.3. The van der Waals surface area contributed by atoms with Crippen LogP contribution in [0, 0.1) is 42.4 Å². The van der Waals surface area contributed by atoms with Crippen molar-refractivity contribution >= 4 is 36.1 Å². The summed E-state index contributed by atoms with van der Waals surface area (Å²) in [6, 6.07) is 5.56. The van der Waals surface area contributed by atoms with Crippen LogP contribution in [-0.4, -0.2) is 125 Å². The number of esters is 4. The van der Waals surface area contributed by atoms with Crippen molar-refractivity contribution in [2.24, 2.45) is 35.5 Å². The fraction of sp³-hybridized carbons (Fsp3) is 0.500. The van der Waals surface area contributed by atoms with Gasteiger partial charge in [0, 0.05) is 30.7 Å². The maximum Gasteiger partial charge on any atom is 0.514 e. The number of aliphatic hydroxyl groups is 1. The number of rotatable bonds is 7. The number of hydrogen-bond acceptors (Lipinski definition) is 19. The van der Waals surface area contributed by atoms with Crippen LogP contribution in [0.1, 0.15) is 77.6 Å². The minimum absolute atomic E-state index is 0.0613. The van der Waals surface area contributed by atoms with Gasteiger partial charge in [0.2, 0.25) is 5.75 Å². The number of phenolic OH excluding ortho intramolecular Hbond substituents is 1. The van der Waals surface area contributed by atoms with Crippen molar-refractivity contribution in [3.8, 4) is 28.7 Å². The van der Waals surface area contributed by atoms with Gasteiger partial charge in [0.1, 0.15) is 31.0 Å². The molecule has 8 aliphatic rings. The molecule has 2 aromatic carbocycles. The summed E-state index contributed by atoms with van der Waals surface area (Å²) in [5, 5.41) is 19.4. The zero-order valence-corrected chi connectivity index (χ0v) is 39.0. The minimum Gasteiger partial charge on any atom is -0.502 e. The number of nitrogens with zero attached hydrogens (tertiary/aromatic N) is 4. The van der Waals surface area contributed by atoms with Gasteiger partial charge in [0.25, 0.3) is 0 Å². The molecule has 4 aliphatic carbocycles. The third-order valence-corrected chi connectivity index (χ3v) is 13.4. The Morgan fingerprint density at radius 1 is 0.652 bits per heavy atom. The molecule has 2 N–H and O–H groups in total. The van der Waals surface area contributed by atoms with Gasteiger partial charge >= 0.3 is 36.1 Å². The Bertz CT molecular complexity index is 2430. The second-order valence-electron chi connectivity index (χ2n) is 17.7. The number of aryl methyl sites for hydroxylation is 1. The van der Waals surface area contributed by atoms with Crippen LogP contribution in [0.15, 0.2) is 61.7 Å². The summed E-state index contributed by atoms with van der Waals surface area (Å²) in [6.45, 7) is 1.69. The lowest BCUT2D eigenvalue weighted by molar-refractivity contribution is -0.157. The number of phenols is 1. The van der Waals surface area contributed by atoms with Crippen LogP contribution in [0.3, 0.4) is 0 Å². The number of aliphatic hydroxyl groups excluding tert-OH is 1. The van der Waals surface area contributed by atoms with Gasteiger partial charge in [-0.2, -0.15) is 0 Å². The Morgan fingerprint density at radius 2 is 1.14 bits per heavy atom. The van der Waals surface area contributed by atoms with E-state index < -0.39 is 30.3 Å². The van der Waals surface area contributed by atoms with Crippen LogP contribution in [0.4, 0.5) is 9.59 Å². The highest BCUT2D eigenvalue weighted by atomic mass is 16.7. The maximum absolute atomic E-state index is 12.6. The van der Waals surface area contributed by atoms with E-state index in [1.807, 2.05) is 0 Å². The molecule has 0 radical (unpaired) electrons. The van der Waals surface area contributed by atoms with Crippen molar-refractivity contribution in [3.05, 3.63) is 78.4 Å². The Kier molecular flexibility index (Phi) is 15.8. The molecule has 10 unspecified atom stereocenters. The minimum atomic E-state index is -0.884. The predicted molar refractivity (Wildman–Crippen MR) is 237 cm³/mol. The molecule has 21 nitrogen and oxygen atoms in total. The number of aromatic nitrogens is 4. The molecule has 10 atom stereocenters. The summed E-state index contributed by atoms with van der Waals surface area (Å²) >= 11 is 0. The van der Waals surface area contributed by atoms with E-state index >= 15 is 0 Å². The van der Waals surface area contributed by atoms with E-state index in [0.717, 1.165) is 38.5 Å². The van der Waals surface area contributed by atoms with Crippen molar-refractivity contribution in [1.82, 2.24) is 19.1 Å². The van der Waals surface area contributed by atoms with Gasteiger partial charge in [-0.15, -0.1) is 0 Å². The largest absolute Gasteiger partial charge is 0.514 e. The molecule has 21 heteroatoms. The van der Waals surface area contributed by atoms with E-state index in [1.165, 1.54) is 75.5 Å². The van der Waals surface area contributed by atoms with Crippen molar-refractivity contribution in [2.45, 2.75) is 82.7 Å². The molecule has 8 fully saturated rings. The first-order valence-electron chi connectivity index (χ1n) is 22.4. The van der Waals surface area contributed by atoms with Crippen molar-refractivity contribution in [3.63, 3.8) is 0 Å². The van der Waals surface area contributed by atoms with E-state index in [4.69, 9.17) is 37.9 Å². The number of hydrogen-bond donors (Lipinski definition) is 2. The molecular formula is C48H56N4O17. The third kappa shape index (κ3) is 11.2. The zero-order valence-electron chi connectivity index (χ0n) is 39.0. The quantitative estimate of drug-likeness (QED) is 0.131. The van der Waals surface area contributed by atoms with Crippen molar-refractivity contribution in [2.75, 3.05) is 35.5 Å². The van der Waals surface area contributed by atoms with E-state index in [9.17, 15) is 39.0 Å². The summed E-state index contributed by atoms with van der Waals surface area (Å²) in [5.41, 5.74) is 1.06. The van der Waals surface area contributed by atoms with Gasteiger partial charge in [-0.3, -0.25) is 18.7 Å². The molecular weight excluding hydrogens is 905 g/mol. The lowest BCUT2D eigenvalue weighted by atomic mass is 9.67. The maximum atomic E-state index is 12.6. The molecule has 4 aromatic rings. The summed E-state index contributed by atoms with van der Waals surface area (Å²) in [4.78, 5) is 78.2. The average Bonchev–Trinajstić information content (AvgIpc) is 4.06. The zero-order chi connectivity index (χ0) is 49.5. The van der Waals surface area contributed by atoms with Crippen LogP contribution in [0.25, 0.3) is 0 Å². The summed E-state index contributed by atoms with van der Waals surface area (Å²) < 4.78 is 48.9. The second-order valence-corrected chi connectivity index (χ2v) is 17.7. The number of imidazole rings is 2. The summed E-state index contributed by atoms with van der Waals surface area (Å²) in [7, 11) is 6.74. The number of carbonyl (C=O) groups excluding carboxylic acids is 6. The number of carbonyl (C=O) groups is 6. The fourth-order valence-electron chi connectivity index (χ4n) is 10.2. The highest BCUT2D eigenvalue weighted by molar-refractivity contribution is 5.91. The fourth-order valence-corrected chi connectivity index (χ4v) is 10.2. The Hall–Kier alpha value is -7.16. The third-order valence-electron chi connectivity index (χ3n) is 13.4. The lowest BCUT2D eigenvalue weighted by Gasteiger charge is -2.40. The number of ether oxygens (including phenoxy) is 9. The smallest absolute Gasteiger partial charge is 0.502 e. The number of benzene rings is 2. The van der Waals surface area contributed by atoms with Gasteiger partial charge in [-0.05, 0) is 106 Å². The van der Waals surface area contributed by atoms with Crippen LogP contribution in [0.5, 0.6) is 28.7 Å². The number of aromatic hydroxyl groups is 1. The molecule has 6 heterocycles. The molecule has 0 spiro atoms. The number of methoxy groups -OCH3 is 5. The van der Waals surface area contributed by atoms with Crippen molar-refractivity contribution < 1.29 is 81.6 Å². The van der Waals surface area contributed by atoms with Gasteiger partial charge in [-0.25, -0.2) is 29.1 Å². The van der Waals surface area contributed by atoms with Crippen LogP contribution in [-0.2, 0) is 33.3 Å². The highest BCUT2D eigenvalue weighted by Gasteiger charge is 2.52. The molecule has 4 saturated carbocycles. The lowest BCUT2D eigenvalue weighted by Crippen LogP contribution is -2.45. The molecule has 4 aliphatic heterocycles.